The zero-order valence-corrected chi connectivity index (χ0v) is 25.7. The van der Waals surface area contributed by atoms with Crippen LogP contribution < -0.4 is 24.9 Å². The van der Waals surface area contributed by atoms with Crippen molar-refractivity contribution in [2.24, 2.45) is 4.99 Å². The first-order valence-corrected chi connectivity index (χ1v) is 15.2. The van der Waals surface area contributed by atoms with Crippen LogP contribution in [0.3, 0.4) is 0 Å². The second-order valence-electron chi connectivity index (χ2n) is 10.1. The molecule has 226 valence electrons. The number of hydrogen-bond acceptors (Lipinski definition) is 7. The van der Waals surface area contributed by atoms with E-state index in [1.54, 1.807) is 43.3 Å². The number of anilines is 1. The van der Waals surface area contributed by atoms with E-state index in [-0.39, 0.29) is 22.1 Å². The summed E-state index contributed by atoms with van der Waals surface area (Å²) in [6, 6.07) is 23.6. The van der Waals surface area contributed by atoms with Crippen LogP contribution in [0.5, 0.6) is 5.75 Å². The normalized spacial score (nSPS) is 14.6. The topological polar surface area (TPSA) is 123 Å². The number of hydrogen-bond donors (Lipinski definition) is 2. The number of carbonyl (C=O) groups excluding carboxylic acids is 1. The largest absolute Gasteiger partial charge is 0.494 e. The van der Waals surface area contributed by atoms with Crippen LogP contribution >= 0.6 is 22.9 Å². The van der Waals surface area contributed by atoms with Gasteiger partial charge in [0.1, 0.15) is 17.3 Å². The van der Waals surface area contributed by atoms with Crippen molar-refractivity contribution in [3.63, 3.8) is 0 Å². The number of thiazole rings is 1. The Morgan fingerprint density at radius 3 is 2.56 bits per heavy atom. The monoisotopic (exact) mass is 639 g/mol. The summed E-state index contributed by atoms with van der Waals surface area (Å²) in [4.78, 5) is 44.4. The first kappa shape index (κ1) is 29.9. The van der Waals surface area contributed by atoms with Crippen LogP contribution in [0.4, 0.5) is 5.69 Å². The average Bonchev–Trinajstić information content (AvgIpc) is 3.61. The Morgan fingerprint density at radius 1 is 1.09 bits per heavy atom. The minimum absolute atomic E-state index is 0.0443. The molecule has 0 spiro atoms. The molecule has 11 heteroatoms. The SMILES string of the molecule is CCOc1ccc([C@H]2C(C(=O)Nc3ccccc3)=C(C)N=c3s/c(=C\c4ccc(-c5ccc(Cl)c(C(=O)O)c5)o4)c(=O)n32)cc1. The second kappa shape index (κ2) is 12.4. The van der Waals surface area contributed by atoms with Crippen molar-refractivity contribution in [3.8, 4) is 17.1 Å². The van der Waals surface area contributed by atoms with Crippen LogP contribution in [-0.4, -0.2) is 28.2 Å². The van der Waals surface area contributed by atoms with Gasteiger partial charge in [0.2, 0.25) is 0 Å². The highest BCUT2D eigenvalue weighted by atomic mass is 35.5. The predicted molar refractivity (Wildman–Crippen MR) is 173 cm³/mol. The van der Waals surface area contributed by atoms with Gasteiger partial charge < -0.3 is 19.6 Å². The lowest BCUT2D eigenvalue weighted by Gasteiger charge is -2.25. The summed E-state index contributed by atoms with van der Waals surface area (Å²) in [5, 5.41) is 12.5. The minimum Gasteiger partial charge on any atom is -0.494 e. The summed E-state index contributed by atoms with van der Waals surface area (Å²) >= 11 is 7.20. The molecule has 1 aliphatic heterocycles. The zero-order valence-electron chi connectivity index (χ0n) is 24.1. The molecule has 1 amide bonds. The summed E-state index contributed by atoms with van der Waals surface area (Å²) in [7, 11) is 0. The van der Waals surface area contributed by atoms with E-state index >= 15 is 0 Å². The van der Waals surface area contributed by atoms with Crippen molar-refractivity contribution >= 4 is 46.6 Å². The van der Waals surface area contributed by atoms with E-state index in [1.165, 1.54) is 28.0 Å². The van der Waals surface area contributed by atoms with E-state index in [1.807, 2.05) is 49.4 Å². The van der Waals surface area contributed by atoms with E-state index in [0.717, 1.165) is 5.56 Å². The Bertz CT molecular complexity index is 2150. The van der Waals surface area contributed by atoms with Gasteiger partial charge in [-0.05, 0) is 74.0 Å². The van der Waals surface area contributed by atoms with Crippen LogP contribution in [0.2, 0.25) is 5.02 Å². The Labute approximate surface area is 266 Å². The van der Waals surface area contributed by atoms with E-state index < -0.39 is 12.0 Å². The number of carboxylic acids is 1. The Balaban J connectivity index is 1.43. The van der Waals surface area contributed by atoms with Gasteiger partial charge in [-0.25, -0.2) is 9.79 Å². The zero-order chi connectivity index (χ0) is 31.7. The number of amides is 1. The fourth-order valence-electron chi connectivity index (χ4n) is 5.12. The van der Waals surface area contributed by atoms with E-state index in [9.17, 15) is 19.5 Å². The molecule has 0 bridgehead atoms. The molecule has 0 saturated carbocycles. The number of nitrogens with zero attached hydrogens (tertiary/aromatic N) is 2. The van der Waals surface area contributed by atoms with Crippen LogP contribution in [-0.2, 0) is 4.79 Å². The van der Waals surface area contributed by atoms with Crippen molar-refractivity contribution < 1.29 is 23.8 Å². The van der Waals surface area contributed by atoms with E-state index in [0.29, 0.717) is 55.7 Å². The van der Waals surface area contributed by atoms with Crippen molar-refractivity contribution in [2.45, 2.75) is 19.9 Å². The molecule has 45 heavy (non-hydrogen) atoms. The predicted octanol–water partition coefficient (Wildman–Crippen LogP) is 5.88. The summed E-state index contributed by atoms with van der Waals surface area (Å²) in [5.41, 5.74) is 2.32. The van der Waals surface area contributed by atoms with Gasteiger partial charge in [-0.3, -0.25) is 14.2 Å². The number of benzene rings is 3. The molecule has 0 fully saturated rings. The van der Waals surface area contributed by atoms with Gasteiger partial charge >= 0.3 is 5.97 Å². The highest BCUT2D eigenvalue weighted by Gasteiger charge is 2.32. The van der Waals surface area contributed by atoms with Crippen molar-refractivity contribution in [3.05, 3.63) is 138 Å². The molecule has 0 unspecified atom stereocenters. The number of carboxylic acid groups (broad SMARTS) is 1. The quantitative estimate of drug-likeness (QED) is 0.218. The Hall–Kier alpha value is -5.19. The first-order valence-electron chi connectivity index (χ1n) is 14.0. The van der Waals surface area contributed by atoms with Gasteiger partial charge in [0, 0.05) is 17.3 Å². The van der Waals surface area contributed by atoms with E-state index in [2.05, 4.69) is 10.3 Å². The number of ether oxygens (including phenoxy) is 1. The molecule has 9 nitrogen and oxygen atoms in total. The second-order valence-corrected chi connectivity index (χ2v) is 11.5. The Kier molecular flexibility index (Phi) is 8.25. The third kappa shape index (κ3) is 5.98. The number of allylic oxidation sites excluding steroid dienone is 1. The summed E-state index contributed by atoms with van der Waals surface area (Å²) < 4.78 is 13.5. The molecule has 1 atom stereocenters. The maximum absolute atomic E-state index is 14.0. The van der Waals surface area contributed by atoms with Crippen LogP contribution in [0.15, 0.2) is 110 Å². The fraction of sp³-hybridized carbons (Fsp3) is 0.118. The number of aromatic carboxylic acids is 1. The molecule has 0 aliphatic carbocycles. The molecule has 0 radical (unpaired) electrons. The number of rotatable bonds is 8. The maximum Gasteiger partial charge on any atom is 0.337 e. The molecule has 2 N–H and O–H groups in total. The molecule has 5 aromatic rings. The van der Waals surface area contributed by atoms with E-state index in [4.69, 9.17) is 20.8 Å². The molecule has 3 heterocycles. The lowest BCUT2D eigenvalue weighted by atomic mass is 9.95. The van der Waals surface area contributed by atoms with Crippen LogP contribution in [0.25, 0.3) is 17.4 Å². The summed E-state index contributed by atoms with van der Waals surface area (Å²) in [6.07, 6.45) is 1.61. The third-order valence-corrected chi connectivity index (χ3v) is 8.50. The standard InChI is InChI=1S/C34H26ClN3O6S/c1-3-43-23-12-9-20(10-13-23)30-29(31(39)37-22-7-5-4-6-8-22)19(2)36-34-38(30)32(40)28(45-34)18-24-14-16-27(44-24)21-11-15-26(35)25(17-21)33(41)42/h4-18,30H,3H2,1-2H3,(H,37,39)(H,41,42)/b28-18-/t30-/m0/s1. The molecule has 3 aromatic carbocycles. The van der Waals surface area contributed by atoms with Crippen LogP contribution in [0.1, 0.15) is 41.6 Å². The molecule has 6 rings (SSSR count). The minimum atomic E-state index is -1.15. The maximum atomic E-state index is 14.0. The molecule has 1 aliphatic rings. The number of nitrogens with one attached hydrogen (secondary N) is 1. The van der Waals surface area contributed by atoms with Gasteiger partial charge in [0.25, 0.3) is 11.5 Å². The number of halogens is 1. The Morgan fingerprint density at radius 2 is 1.84 bits per heavy atom. The fourth-order valence-corrected chi connectivity index (χ4v) is 6.34. The first-order chi connectivity index (χ1) is 21.7. The van der Waals surface area contributed by atoms with Crippen molar-refractivity contribution in [1.82, 2.24) is 4.57 Å². The van der Waals surface area contributed by atoms with Gasteiger partial charge in [-0.1, -0.05) is 53.3 Å². The molecular weight excluding hydrogens is 614 g/mol. The molecular formula is C34H26ClN3O6S. The average molecular weight is 640 g/mol. The summed E-state index contributed by atoms with van der Waals surface area (Å²) in [5.74, 6) is -0.0398. The number of para-hydroxylation sites is 1. The smallest absolute Gasteiger partial charge is 0.337 e. The molecule has 0 saturated heterocycles. The van der Waals surface area contributed by atoms with Gasteiger partial charge in [-0.15, -0.1) is 0 Å². The highest BCUT2D eigenvalue weighted by Crippen LogP contribution is 2.32. The molecule has 2 aromatic heterocycles. The van der Waals surface area contributed by atoms with Crippen LogP contribution in [0, 0.1) is 0 Å². The van der Waals surface area contributed by atoms with Crippen molar-refractivity contribution in [1.29, 1.82) is 0 Å². The number of carbonyl (C=O) groups is 2. The highest BCUT2D eigenvalue weighted by molar-refractivity contribution is 7.07. The number of fused-ring (bicyclic) bond motifs is 1. The number of aromatic nitrogens is 1. The number of furan rings is 1. The lowest BCUT2D eigenvalue weighted by Crippen LogP contribution is -2.40. The third-order valence-electron chi connectivity index (χ3n) is 7.19. The van der Waals surface area contributed by atoms with Gasteiger partial charge in [0.15, 0.2) is 4.80 Å². The lowest BCUT2D eigenvalue weighted by molar-refractivity contribution is -0.113. The van der Waals surface area contributed by atoms with Gasteiger partial charge in [0.05, 0.1) is 39.0 Å². The van der Waals surface area contributed by atoms with Gasteiger partial charge in [-0.2, -0.15) is 0 Å². The summed E-state index contributed by atoms with van der Waals surface area (Å²) in [6.45, 7) is 4.16. The van der Waals surface area contributed by atoms with Crippen molar-refractivity contribution in [2.75, 3.05) is 11.9 Å².